The van der Waals surface area contributed by atoms with Crippen LogP contribution in [0.3, 0.4) is 0 Å². The molecule has 0 saturated carbocycles. The van der Waals surface area contributed by atoms with E-state index < -0.39 is 9.05 Å². The third-order valence-corrected chi connectivity index (χ3v) is 4.29. The molecule has 118 valence electrons. The van der Waals surface area contributed by atoms with E-state index in [0.717, 1.165) is 0 Å². The molecule has 0 heterocycles. The van der Waals surface area contributed by atoms with Crippen LogP contribution >= 0.6 is 10.7 Å². The number of benzene rings is 1. The Balaban J connectivity index is 3.26. The number of carbonyl (C=O) groups is 1. The number of halogens is 1. The first-order valence-electron chi connectivity index (χ1n) is 6.55. The zero-order chi connectivity index (χ0) is 16.4. The molecule has 1 amide bonds. The molecule has 21 heavy (non-hydrogen) atoms. The summed E-state index contributed by atoms with van der Waals surface area (Å²) in [6.07, 6.45) is 0. The summed E-state index contributed by atoms with van der Waals surface area (Å²) in [5.74, 6) is 0.104. The van der Waals surface area contributed by atoms with Crippen LogP contribution in [0.15, 0.2) is 23.1 Å². The van der Waals surface area contributed by atoms with Crippen LogP contribution in [0.2, 0.25) is 0 Å². The number of carbonyl (C=O) groups excluding carboxylic acids is 1. The average molecular weight is 333 g/mol. The molecule has 0 aliphatic rings. The van der Waals surface area contributed by atoms with E-state index in [9.17, 15) is 13.2 Å². The summed E-state index contributed by atoms with van der Waals surface area (Å²) in [4.78, 5) is 15.5. The first-order valence-corrected chi connectivity index (χ1v) is 8.86. The van der Waals surface area contributed by atoms with E-state index in [1.54, 1.807) is 43.1 Å². The van der Waals surface area contributed by atoms with Gasteiger partial charge in [-0.25, -0.2) is 8.42 Å². The van der Waals surface area contributed by atoms with E-state index in [2.05, 4.69) is 0 Å². The molecular weight excluding hydrogens is 312 g/mol. The number of anilines is 1. The third-order valence-electron chi connectivity index (χ3n) is 2.94. The summed E-state index contributed by atoms with van der Waals surface area (Å²) in [6.45, 7) is 4.61. The van der Waals surface area contributed by atoms with Crippen LogP contribution in [0.5, 0.6) is 0 Å². The number of nitrogens with zero attached hydrogens (tertiary/aromatic N) is 2. The fourth-order valence-electron chi connectivity index (χ4n) is 2.06. The molecular formula is C14H21ClN2O3S. The van der Waals surface area contributed by atoms with Crippen molar-refractivity contribution in [3.05, 3.63) is 23.8 Å². The molecule has 7 heteroatoms. The van der Waals surface area contributed by atoms with E-state index >= 15 is 0 Å². The van der Waals surface area contributed by atoms with Crippen molar-refractivity contribution in [2.24, 2.45) is 5.92 Å². The standard InChI is InChI=1S/C14H21ClN2O3S/c1-10(2)9-17(5)14(18)11-6-7-12(16(3)4)13(8-11)21(15,19)20/h6-8,10H,9H2,1-5H3. The highest BCUT2D eigenvalue weighted by Gasteiger charge is 2.21. The predicted octanol–water partition coefficient (Wildman–Crippen LogP) is 2.41. The van der Waals surface area contributed by atoms with Gasteiger partial charge < -0.3 is 9.80 Å². The van der Waals surface area contributed by atoms with Crippen LogP contribution in [0.4, 0.5) is 5.69 Å². The Kier molecular flexibility index (Phi) is 5.64. The smallest absolute Gasteiger partial charge is 0.263 e. The summed E-state index contributed by atoms with van der Waals surface area (Å²) >= 11 is 0. The lowest BCUT2D eigenvalue weighted by molar-refractivity contribution is 0.0779. The Morgan fingerprint density at radius 3 is 2.24 bits per heavy atom. The predicted molar refractivity (Wildman–Crippen MR) is 85.6 cm³/mol. The lowest BCUT2D eigenvalue weighted by atomic mass is 10.1. The second kappa shape index (κ2) is 6.66. The van der Waals surface area contributed by atoms with Gasteiger partial charge in [0.15, 0.2) is 0 Å². The highest BCUT2D eigenvalue weighted by molar-refractivity contribution is 8.13. The van der Waals surface area contributed by atoms with Crippen molar-refractivity contribution in [1.29, 1.82) is 0 Å². The van der Waals surface area contributed by atoms with Gasteiger partial charge in [-0.2, -0.15) is 0 Å². The van der Waals surface area contributed by atoms with E-state index in [4.69, 9.17) is 10.7 Å². The highest BCUT2D eigenvalue weighted by atomic mass is 35.7. The number of hydrogen-bond donors (Lipinski definition) is 0. The van der Waals surface area contributed by atoms with Crippen LogP contribution in [-0.4, -0.2) is 46.9 Å². The monoisotopic (exact) mass is 332 g/mol. The van der Waals surface area contributed by atoms with Gasteiger partial charge in [0.25, 0.3) is 15.0 Å². The normalized spacial score (nSPS) is 11.6. The van der Waals surface area contributed by atoms with Gasteiger partial charge >= 0.3 is 0 Å². The van der Waals surface area contributed by atoms with Gasteiger partial charge in [0, 0.05) is 43.9 Å². The molecule has 0 unspecified atom stereocenters. The molecule has 1 aromatic carbocycles. The Morgan fingerprint density at radius 2 is 1.81 bits per heavy atom. The number of rotatable bonds is 5. The minimum absolute atomic E-state index is 0.0574. The molecule has 0 spiro atoms. The van der Waals surface area contributed by atoms with Crippen LogP contribution in [0.25, 0.3) is 0 Å². The van der Waals surface area contributed by atoms with Crippen LogP contribution in [0.1, 0.15) is 24.2 Å². The minimum atomic E-state index is -3.92. The molecule has 0 fully saturated rings. The maximum atomic E-state index is 12.3. The SMILES string of the molecule is CC(C)CN(C)C(=O)c1ccc(N(C)C)c(S(=O)(=O)Cl)c1. The van der Waals surface area contributed by atoms with Crippen molar-refractivity contribution in [1.82, 2.24) is 4.90 Å². The fourth-order valence-corrected chi connectivity index (χ4v) is 3.20. The maximum Gasteiger partial charge on any atom is 0.263 e. The quantitative estimate of drug-likeness (QED) is 0.777. The van der Waals surface area contributed by atoms with Crippen molar-refractivity contribution >= 4 is 31.3 Å². The van der Waals surface area contributed by atoms with Crippen LogP contribution in [0, 0.1) is 5.92 Å². The van der Waals surface area contributed by atoms with Crippen molar-refractivity contribution in [3.63, 3.8) is 0 Å². The fraction of sp³-hybridized carbons (Fsp3) is 0.500. The lowest BCUT2D eigenvalue weighted by Gasteiger charge is -2.21. The number of amides is 1. The van der Waals surface area contributed by atoms with Gasteiger partial charge in [0.05, 0.1) is 5.69 Å². The molecule has 0 aromatic heterocycles. The van der Waals surface area contributed by atoms with E-state index in [0.29, 0.717) is 23.7 Å². The zero-order valence-corrected chi connectivity index (χ0v) is 14.5. The first kappa shape index (κ1) is 17.8. The van der Waals surface area contributed by atoms with E-state index in [-0.39, 0.29) is 10.8 Å². The third kappa shape index (κ3) is 4.61. The van der Waals surface area contributed by atoms with E-state index in [1.165, 1.54) is 6.07 Å². The molecule has 0 radical (unpaired) electrons. The molecule has 0 atom stereocenters. The van der Waals surface area contributed by atoms with Crippen LogP contribution < -0.4 is 4.90 Å². The van der Waals surface area contributed by atoms with Crippen molar-refractivity contribution in [3.8, 4) is 0 Å². The molecule has 1 aromatic rings. The molecule has 0 aliphatic heterocycles. The lowest BCUT2D eigenvalue weighted by Crippen LogP contribution is -2.30. The molecule has 0 bridgehead atoms. The van der Waals surface area contributed by atoms with Gasteiger partial charge in [0.1, 0.15) is 4.90 Å². The molecule has 5 nitrogen and oxygen atoms in total. The Morgan fingerprint density at radius 1 is 1.24 bits per heavy atom. The van der Waals surface area contributed by atoms with Crippen molar-refractivity contribution in [2.45, 2.75) is 18.7 Å². The number of hydrogen-bond acceptors (Lipinski definition) is 4. The summed E-state index contributed by atoms with van der Waals surface area (Å²) in [5.41, 5.74) is 0.760. The maximum absolute atomic E-state index is 12.3. The summed E-state index contributed by atoms with van der Waals surface area (Å²) in [6, 6.07) is 4.53. The van der Waals surface area contributed by atoms with Crippen LogP contribution in [-0.2, 0) is 9.05 Å². The van der Waals surface area contributed by atoms with Crippen molar-refractivity contribution < 1.29 is 13.2 Å². The summed E-state index contributed by atoms with van der Waals surface area (Å²) in [7, 11) is 6.67. The molecule has 0 saturated heterocycles. The highest BCUT2D eigenvalue weighted by Crippen LogP contribution is 2.28. The van der Waals surface area contributed by atoms with E-state index in [1.807, 2.05) is 13.8 Å². The minimum Gasteiger partial charge on any atom is -0.377 e. The van der Waals surface area contributed by atoms with Gasteiger partial charge in [-0.3, -0.25) is 4.79 Å². The van der Waals surface area contributed by atoms with Crippen molar-refractivity contribution in [2.75, 3.05) is 32.6 Å². The Labute approximate surface area is 130 Å². The topological polar surface area (TPSA) is 57.7 Å². The molecule has 1 rings (SSSR count). The van der Waals surface area contributed by atoms with Gasteiger partial charge in [0.2, 0.25) is 0 Å². The molecule has 0 aliphatic carbocycles. The van der Waals surface area contributed by atoms with Gasteiger partial charge in [-0.1, -0.05) is 13.8 Å². The summed E-state index contributed by atoms with van der Waals surface area (Å²) in [5, 5.41) is 0. The second-order valence-electron chi connectivity index (χ2n) is 5.59. The molecule has 0 N–H and O–H groups in total. The van der Waals surface area contributed by atoms with Gasteiger partial charge in [-0.15, -0.1) is 0 Å². The summed E-state index contributed by atoms with van der Waals surface area (Å²) < 4.78 is 23.4. The zero-order valence-electron chi connectivity index (χ0n) is 12.9. The largest absolute Gasteiger partial charge is 0.377 e. The second-order valence-corrected chi connectivity index (χ2v) is 8.13. The Bertz CT molecular complexity index is 627. The average Bonchev–Trinajstić information content (AvgIpc) is 2.35. The van der Waals surface area contributed by atoms with Gasteiger partial charge in [-0.05, 0) is 24.1 Å². The Hall–Kier alpha value is -1.27. The first-order chi connectivity index (χ1) is 9.54.